The maximum absolute atomic E-state index is 12.2. The minimum absolute atomic E-state index is 0.155. The molecule has 0 spiro atoms. The van der Waals surface area contributed by atoms with Gasteiger partial charge >= 0.3 is 0 Å². The molecule has 0 saturated carbocycles. The molecule has 138 valence electrons. The number of aromatic nitrogens is 1. The Bertz CT molecular complexity index is 938. The first-order valence-corrected chi connectivity index (χ1v) is 9.15. The number of aryl methyl sites for hydroxylation is 1. The molecule has 2 amide bonds. The first kappa shape index (κ1) is 18.8. The number of hydrogen-bond donors (Lipinski definition) is 2. The number of oxazole rings is 1. The predicted molar refractivity (Wildman–Crippen MR) is 106 cm³/mol. The molecule has 6 nitrogen and oxygen atoms in total. The Morgan fingerprint density at radius 1 is 1.15 bits per heavy atom. The minimum Gasteiger partial charge on any atom is -0.444 e. The van der Waals surface area contributed by atoms with Crippen molar-refractivity contribution in [2.45, 2.75) is 13.3 Å². The number of nitrogens with zero attached hydrogens (tertiary/aromatic N) is 1. The van der Waals surface area contributed by atoms with Gasteiger partial charge in [0.1, 0.15) is 0 Å². The summed E-state index contributed by atoms with van der Waals surface area (Å²) in [4.78, 5) is 28.1. The summed E-state index contributed by atoms with van der Waals surface area (Å²) in [6, 6.07) is 12.7. The standard InChI is InChI=1S/C20H18BrN3O3/c1-13-2-7-16(21)10-17(13)24-19(25)8-9-23-20(26)15-5-3-14(4-6-15)18-11-22-12-27-18/h2-7,10-12H,8-9H2,1H3,(H,23,26)(H,24,25). The zero-order chi connectivity index (χ0) is 19.2. The van der Waals surface area contributed by atoms with Crippen LogP contribution < -0.4 is 10.6 Å². The van der Waals surface area contributed by atoms with Crippen molar-refractivity contribution >= 4 is 33.4 Å². The highest BCUT2D eigenvalue weighted by molar-refractivity contribution is 9.10. The highest BCUT2D eigenvalue weighted by Gasteiger charge is 2.09. The van der Waals surface area contributed by atoms with Crippen LogP contribution in [-0.2, 0) is 4.79 Å². The van der Waals surface area contributed by atoms with Gasteiger partial charge in [-0.2, -0.15) is 0 Å². The molecule has 0 bridgehead atoms. The Balaban J connectivity index is 1.49. The maximum atomic E-state index is 12.2. The second-order valence-electron chi connectivity index (χ2n) is 5.96. The van der Waals surface area contributed by atoms with Gasteiger partial charge in [0.2, 0.25) is 5.91 Å². The second-order valence-corrected chi connectivity index (χ2v) is 6.87. The molecule has 0 aliphatic heterocycles. The Kier molecular flexibility index (Phi) is 6.03. The predicted octanol–water partition coefficient (Wildman–Crippen LogP) is 4.17. The lowest BCUT2D eigenvalue weighted by Crippen LogP contribution is -2.27. The molecule has 27 heavy (non-hydrogen) atoms. The number of rotatable bonds is 6. The molecule has 7 heteroatoms. The van der Waals surface area contributed by atoms with Gasteiger partial charge in [0.15, 0.2) is 12.2 Å². The lowest BCUT2D eigenvalue weighted by molar-refractivity contribution is -0.116. The van der Waals surface area contributed by atoms with E-state index in [0.29, 0.717) is 11.3 Å². The zero-order valence-electron chi connectivity index (χ0n) is 14.7. The summed E-state index contributed by atoms with van der Waals surface area (Å²) in [5.41, 5.74) is 3.08. The molecule has 0 fully saturated rings. The third kappa shape index (κ3) is 5.04. The number of carbonyl (C=O) groups is 2. The van der Waals surface area contributed by atoms with Gasteiger partial charge in [-0.3, -0.25) is 9.59 Å². The average molecular weight is 428 g/mol. The van der Waals surface area contributed by atoms with Gasteiger partial charge in [-0.25, -0.2) is 4.98 Å². The number of nitrogens with one attached hydrogen (secondary N) is 2. The van der Waals surface area contributed by atoms with E-state index in [1.165, 1.54) is 6.39 Å². The summed E-state index contributed by atoms with van der Waals surface area (Å²) in [6.45, 7) is 2.17. The van der Waals surface area contributed by atoms with Gasteiger partial charge in [-0.15, -0.1) is 0 Å². The van der Waals surface area contributed by atoms with Gasteiger partial charge in [0, 0.05) is 34.3 Å². The van der Waals surface area contributed by atoms with Crippen LogP contribution in [0.3, 0.4) is 0 Å². The van der Waals surface area contributed by atoms with Gasteiger partial charge < -0.3 is 15.1 Å². The van der Waals surface area contributed by atoms with E-state index in [0.717, 1.165) is 21.3 Å². The summed E-state index contributed by atoms with van der Waals surface area (Å²) < 4.78 is 6.11. The molecule has 1 aromatic heterocycles. The van der Waals surface area contributed by atoms with E-state index in [1.54, 1.807) is 30.5 Å². The van der Waals surface area contributed by atoms with Crippen LogP contribution in [0.4, 0.5) is 5.69 Å². The molecule has 1 heterocycles. The number of hydrogen-bond acceptors (Lipinski definition) is 4. The smallest absolute Gasteiger partial charge is 0.251 e. The molecular weight excluding hydrogens is 410 g/mol. The second kappa shape index (κ2) is 8.64. The van der Waals surface area contributed by atoms with Crippen LogP contribution in [0.15, 0.2) is 63.9 Å². The first-order valence-electron chi connectivity index (χ1n) is 8.36. The molecule has 0 aliphatic rings. The van der Waals surface area contributed by atoms with E-state index in [-0.39, 0.29) is 24.8 Å². The number of amides is 2. The van der Waals surface area contributed by atoms with E-state index < -0.39 is 0 Å². The molecule has 3 rings (SSSR count). The highest BCUT2D eigenvalue weighted by Crippen LogP contribution is 2.21. The summed E-state index contributed by atoms with van der Waals surface area (Å²) >= 11 is 3.38. The summed E-state index contributed by atoms with van der Waals surface area (Å²) in [5, 5.41) is 5.60. The van der Waals surface area contributed by atoms with Crippen LogP contribution >= 0.6 is 15.9 Å². The molecule has 0 radical (unpaired) electrons. The van der Waals surface area contributed by atoms with Crippen molar-refractivity contribution in [1.29, 1.82) is 0 Å². The molecule has 0 aliphatic carbocycles. The summed E-state index contributed by atoms with van der Waals surface area (Å²) in [5.74, 6) is 0.254. The largest absolute Gasteiger partial charge is 0.444 e. The van der Waals surface area contributed by atoms with Crippen LogP contribution in [0.2, 0.25) is 0 Å². The van der Waals surface area contributed by atoms with Crippen molar-refractivity contribution in [2.24, 2.45) is 0 Å². The van der Waals surface area contributed by atoms with Crippen LogP contribution in [0.25, 0.3) is 11.3 Å². The lowest BCUT2D eigenvalue weighted by Gasteiger charge is -2.09. The van der Waals surface area contributed by atoms with Gasteiger partial charge in [0.05, 0.1) is 6.20 Å². The Morgan fingerprint density at radius 3 is 2.63 bits per heavy atom. The maximum Gasteiger partial charge on any atom is 0.251 e. The Labute approximate surface area is 165 Å². The van der Waals surface area contributed by atoms with Crippen molar-refractivity contribution < 1.29 is 14.0 Å². The van der Waals surface area contributed by atoms with Crippen molar-refractivity contribution in [3.8, 4) is 11.3 Å². The minimum atomic E-state index is -0.231. The van der Waals surface area contributed by atoms with Crippen LogP contribution in [0.5, 0.6) is 0 Å². The number of anilines is 1. The quantitative estimate of drug-likeness (QED) is 0.617. The Hall–Kier alpha value is -2.93. The van der Waals surface area contributed by atoms with Gasteiger partial charge in [-0.05, 0) is 36.8 Å². The van der Waals surface area contributed by atoms with Crippen LogP contribution in [-0.4, -0.2) is 23.3 Å². The van der Waals surface area contributed by atoms with E-state index in [2.05, 4.69) is 31.5 Å². The van der Waals surface area contributed by atoms with Gasteiger partial charge in [-0.1, -0.05) is 34.1 Å². The molecule has 0 unspecified atom stereocenters. The topological polar surface area (TPSA) is 84.2 Å². The third-order valence-corrected chi connectivity index (χ3v) is 4.47. The number of carbonyl (C=O) groups excluding carboxylic acids is 2. The van der Waals surface area contributed by atoms with E-state index in [9.17, 15) is 9.59 Å². The normalized spacial score (nSPS) is 10.4. The molecule has 2 N–H and O–H groups in total. The zero-order valence-corrected chi connectivity index (χ0v) is 16.2. The molecule has 0 atom stereocenters. The molecule has 0 saturated heterocycles. The van der Waals surface area contributed by atoms with Crippen LogP contribution in [0, 0.1) is 6.92 Å². The molecular formula is C20H18BrN3O3. The van der Waals surface area contributed by atoms with Crippen molar-refractivity contribution in [1.82, 2.24) is 10.3 Å². The van der Waals surface area contributed by atoms with E-state index in [1.807, 2.05) is 25.1 Å². The fraction of sp³-hybridized carbons (Fsp3) is 0.150. The van der Waals surface area contributed by atoms with Crippen molar-refractivity contribution in [3.63, 3.8) is 0 Å². The fourth-order valence-electron chi connectivity index (χ4n) is 2.48. The highest BCUT2D eigenvalue weighted by atomic mass is 79.9. The van der Waals surface area contributed by atoms with Crippen molar-refractivity contribution in [3.05, 3.63) is 70.7 Å². The van der Waals surface area contributed by atoms with E-state index in [4.69, 9.17) is 4.42 Å². The number of halogens is 1. The lowest BCUT2D eigenvalue weighted by atomic mass is 10.1. The average Bonchev–Trinajstić information content (AvgIpc) is 3.19. The molecule has 2 aromatic carbocycles. The SMILES string of the molecule is Cc1ccc(Br)cc1NC(=O)CCNC(=O)c1ccc(-c2cnco2)cc1. The monoisotopic (exact) mass is 427 g/mol. The number of benzene rings is 2. The summed E-state index contributed by atoms with van der Waals surface area (Å²) in [7, 11) is 0. The fourth-order valence-corrected chi connectivity index (χ4v) is 2.84. The van der Waals surface area contributed by atoms with Crippen LogP contribution in [0.1, 0.15) is 22.3 Å². The van der Waals surface area contributed by atoms with Gasteiger partial charge in [0.25, 0.3) is 5.91 Å². The summed E-state index contributed by atoms with van der Waals surface area (Å²) in [6.07, 6.45) is 3.16. The third-order valence-electron chi connectivity index (χ3n) is 3.98. The van der Waals surface area contributed by atoms with E-state index >= 15 is 0 Å². The van der Waals surface area contributed by atoms with Crippen molar-refractivity contribution in [2.75, 3.05) is 11.9 Å². The Morgan fingerprint density at radius 2 is 1.93 bits per heavy atom. The first-order chi connectivity index (χ1) is 13.0. The molecule has 3 aromatic rings.